The average Bonchev–Trinajstić information content (AvgIpc) is 2.98. The van der Waals surface area contributed by atoms with Crippen molar-refractivity contribution in [2.45, 2.75) is 12.8 Å². The van der Waals surface area contributed by atoms with E-state index in [1.165, 1.54) is 5.70 Å². The minimum Gasteiger partial charge on any atom is -0.373 e. The van der Waals surface area contributed by atoms with Crippen molar-refractivity contribution in [3.05, 3.63) is 35.0 Å². The fourth-order valence-electron chi connectivity index (χ4n) is 2.44. The zero-order valence-corrected chi connectivity index (χ0v) is 13.3. The number of rotatable bonds is 5. The zero-order chi connectivity index (χ0) is 15.4. The Hall–Kier alpha value is -2.02. The van der Waals surface area contributed by atoms with Gasteiger partial charge in [0.05, 0.1) is 0 Å². The fraction of sp³-hybridized carbons (Fsp3) is 0.400. The van der Waals surface area contributed by atoms with E-state index in [0.29, 0.717) is 17.9 Å². The molecular formula is C15H19N5OS. The van der Waals surface area contributed by atoms with E-state index in [1.807, 2.05) is 0 Å². The molecule has 7 heteroatoms. The number of nitrogens with zero attached hydrogens (tertiary/aromatic N) is 3. The topological polar surface area (TPSA) is 69.6 Å². The minimum atomic E-state index is -0.0716. The van der Waals surface area contributed by atoms with Gasteiger partial charge in [-0.1, -0.05) is 11.8 Å². The third kappa shape index (κ3) is 3.24. The lowest BCUT2D eigenvalue weighted by Crippen LogP contribution is -2.32. The van der Waals surface area contributed by atoms with E-state index in [4.69, 9.17) is 0 Å². The highest BCUT2D eigenvalue weighted by molar-refractivity contribution is 8.16. The summed E-state index contributed by atoms with van der Waals surface area (Å²) in [4.78, 5) is 23.0. The van der Waals surface area contributed by atoms with Crippen LogP contribution < -0.4 is 10.6 Å². The molecule has 0 fully saturated rings. The Labute approximate surface area is 134 Å². The number of pyridine rings is 1. The first kappa shape index (κ1) is 14.9. The van der Waals surface area contributed by atoms with Crippen LogP contribution in [0.4, 0.5) is 5.82 Å². The first-order valence-electron chi connectivity index (χ1n) is 7.37. The van der Waals surface area contributed by atoms with Gasteiger partial charge in [-0.25, -0.2) is 4.98 Å². The Morgan fingerprint density at radius 2 is 2.41 bits per heavy atom. The van der Waals surface area contributed by atoms with Crippen molar-refractivity contribution in [2.24, 2.45) is 4.99 Å². The highest BCUT2D eigenvalue weighted by Gasteiger charge is 2.24. The molecule has 0 saturated heterocycles. The normalized spacial score (nSPS) is 16.7. The summed E-state index contributed by atoms with van der Waals surface area (Å²) in [6.45, 7) is 2.57. The monoisotopic (exact) mass is 317 g/mol. The molecule has 0 aromatic carbocycles. The van der Waals surface area contributed by atoms with E-state index in [0.717, 1.165) is 31.1 Å². The second kappa shape index (κ2) is 6.83. The molecule has 3 heterocycles. The largest absolute Gasteiger partial charge is 0.373 e. The quantitative estimate of drug-likeness (QED) is 0.868. The second-order valence-corrected chi connectivity index (χ2v) is 5.92. The number of hydrogen-bond donors (Lipinski definition) is 2. The summed E-state index contributed by atoms with van der Waals surface area (Å²) in [6, 6.07) is 3.46. The summed E-state index contributed by atoms with van der Waals surface area (Å²) in [5, 5.41) is 9.13. The SMILES string of the molecule is CNc1cc(C(=O)NCCC2=CSC3=NCCCN23)ccn1. The van der Waals surface area contributed by atoms with Gasteiger partial charge in [0.2, 0.25) is 0 Å². The van der Waals surface area contributed by atoms with E-state index in [2.05, 4.69) is 30.9 Å². The third-order valence-corrected chi connectivity index (χ3v) is 4.56. The van der Waals surface area contributed by atoms with Crippen LogP contribution in [0.1, 0.15) is 23.2 Å². The molecule has 6 nitrogen and oxygen atoms in total. The maximum atomic E-state index is 12.1. The van der Waals surface area contributed by atoms with Crippen molar-refractivity contribution in [2.75, 3.05) is 32.0 Å². The van der Waals surface area contributed by atoms with Gasteiger partial charge in [0.25, 0.3) is 5.91 Å². The molecule has 0 unspecified atom stereocenters. The Balaban J connectivity index is 1.52. The molecular weight excluding hydrogens is 298 g/mol. The highest BCUT2D eigenvalue weighted by Crippen LogP contribution is 2.30. The molecule has 0 spiro atoms. The Kier molecular flexibility index (Phi) is 4.62. The Morgan fingerprint density at radius 1 is 1.50 bits per heavy atom. The molecule has 1 aromatic heterocycles. The van der Waals surface area contributed by atoms with E-state index >= 15 is 0 Å². The summed E-state index contributed by atoms with van der Waals surface area (Å²) in [5.41, 5.74) is 1.86. The first-order valence-corrected chi connectivity index (χ1v) is 8.25. The molecule has 2 aliphatic heterocycles. The van der Waals surface area contributed by atoms with Crippen LogP contribution in [0.2, 0.25) is 0 Å². The number of aromatic nitrogens is 1. The zero-order valence-electron chi connectivity index (χ0n) is 12.5. The van der Waals surface area contributed by atoms with Gasteiger partial charge in [0, 0.05) is 50.6 Å². The lowest BCUT2D eigenvalue weighted by molar-refractivity contribution is 0.0953. The molecule has 0 saturated carbocycles. The lowest BCUT2D eigenvalue weighted by atomic mass is 10.2. The fourth-order valence-corrected chi connectivity index (χ4v) is 3.43. The van der Waals surface area contributed by atoms with Crippen molar-refractivity contribution in [1.82, 2.24) is 15.2 Å². The van der Waals surface area contributed by atoms with E-state index < -0.39 is 0 Å². The lowest BCUT2D eigenvalue weighted by Gasteiger charge is -2.25. The van der Waals surface area contributed by atoms with Crippen LogP contribution in [0.5, 0.6) is 0 Å². The Morgan fingerprint density at radius 3 is 3.27 bits per heavy atom. The number of hydrogen-bond acceptors (Lipinski definition) is 6. The molecule has 116 valence electrons. The molecule has 0 radical (unpaired) electrons. The van der Waals surface area contributed by atoms with Crippen molar-refractivity contribution < 1.29 is 4.79 Å². The number of anilines is 1. The van der Waals surface area contributed by atoms with Crippen LogP contribution in [-0.4, -0.2) is 47.6 Å². The summed E-state index contributed by atoms with van der Waals surface area (Å²) in [6.07, 6.45) is 3.55. The molecule has 1 amide bonds. The second-order valence-electron chi connectivity index (χ2n) is 5.08. The van der Waals surface area contributed by atoms with E-state index in [-0.39, 0.29) is 5.91 Å². The van der Waals surface area contributed by atoms with Gasteiger partial charge in [0.1, 0.15) is 5.82 Å². The smallest absolute Gasteiger partial charge is 0.251 e. The molecule has 0 atom stereocenters. The van der Waals surface area contributed by atoms with Crippen LogP contribution in [0.3, 0.4) is 0 Å². The summed E-state index contributed by atoms with van der Waals surface area (Å²) >= 11 is 1.68. The van der Waals surface area contributed by atoms with Crippen molar-refractivity contribution in [1.29, 1.82) is 0 Å². The number of amidine groups is 1. The summed E-state index contributed by atoms with van der Waals surface area (Å²) in [7, 11) is 1.78. The molecule has 2 aliphatic rings. The number of amides is 1. The van der Waals surface area contributed by atoms with Gasteiger partial charge in [-0.2, -0.15) is 0 Å². The van der Waals surface area contributed by atoms with Crippen LogP contribution in [0.25, 0.3) is 0 Å². The van der Waals surface area contributed by atoms with Crippen LogP contribution in [0.15, 0.2) is 34.4 Å². The Bertz CT molecular complexity index is 628. The molecule has 2 N–H and O–H groups in total. The van der Waals surface area contributed by atoms with Gasteiger partial charge in [0.15, 0.2) is 5.17 Å². The molecule has 22 heavy (non-hydrogen) atoms. The van der Waals surface area contributed by atoms with Crippen LogP contribution in [0, 0.1) is 0 Å². The molecule has 0 bridgehead atoms. The summed E-state index contributed by atoms with van der Waals surface area (Å²) in [5.74, 6) is 0.620. The highest BCUT2D eigenvalue weighted by atomic mass is 32.2. The van der Waals surface area contributed by atoms with Gasteiger partial charge in [-0.05, 0) is 24.0 Å². The molecule has 3 rings (SSSR count). The average molecular weight is 317 g/mol. The number of thioether (sulfide) groups is 1. The summed E-state index contributed by atoms with van der Waals surface area (Å²) < 4.78 is 0. The number of carbonyl (C=O) groups is 1. The predicted octanol–water partition coefficient (Wildman–Crippen LogP) is 1.89. The molecule has 0 aliphatic carbocycles. The predicted molar refractivity (Wildman–Crippen MR) is 90.0 cm³/mol. The van der Waals surface area contributed by atoms with E-state index in [9.17, 15) is 4.79 Å². The third-order valence-electron chi connectivity index (χ3n) is 3.61. The first-order chi connectivity index (χ1) is 10.8. The van der Waals surface area contributed by atoms with Gasteiger partial charge in [-0.3, -0.25) is 9.79 Å². The van der Waals surface area contributed by atoms with Crippen molar-refractivity contribution >= 4 is 28.7 Å². The maximum Gasteiger partial charge on any atom is 0.251 e. The van der Waals surface area contributed by atoms with Gasteiger partial charge < -0.3 is 15.5 Å². The minimum absolute atomic E-state index is 0.0716. The van der Waals surface area contributed by atoms with Crippen LogP contribution >= 0.6 is 11.8 Å². The van der Waals surface area contributed by atoms with E-state index in [1.54, 1.807) is 37.1 Å². The standard InChI is InChI=1S/C15H19N5OS/c1-16-13-9-11(3-6-17-13)14(21)18-7-4-12-10-22-15-19-5-2-8-20(12)15/h3,6,9-10H,2,4-5,7-8H2,1H3,(H,16,17)(H,18,21). The number of carbonyl (C=O) groups excluding carboxylic acids is 1. The number of nitrogens with one attached hydrogen (secondary N) is 2. The number of fused-ring (bicyclic) bond motifs is 1. The van der Waals surface area contributed by atoms with Crippen LogP contribution in [-0.2, 0) is 0 Å². The number of aliphatic imine (C=N–C) groups is 1. The maximum absolute atomic E-state index is 12.1. The molecule has 1 aromatic rings. The van der Waals surface area contributed by atoms with Gasteiger partial charge in [-0.15, -0.1) is 0 Å². The van der Waals surface area contributed by atoms with Crippen molar-refractivity contribution in [3.8, 4) is 0 Å². The van der Waals surface area contributed by atoms with Crippen molar-refractivity contribution in [3.63, 3.8) is 0 Å². The van der Waals surface area contributed by atoms with Gasteiger partial charge >= 0.3 is 0 Å².